The van der Waals surface area contributed by atoms with Crippen molar-refractivity contribution < 1.29 is 9.90 Å². The first-order valence-electron chi connectivity index (χ1n) is 8.71. The number of aliphatic hydroxyl groups excluding tert-OH is 1. The fraction of sp³-hybridized carbons (Fsp3) is 0.286. The summed E-state index contributed by atoms with van der Waals surface area (Å²) in [6.45, 7) is 4.22. The van der Waals surface area contributed by atoms with Crippen LogP contribution in [0.2, 0.25) is 0 Å². The van der Waals surface area contributed by atoms with E-state index in [-0.39, 0.29) is 5.91 Å². The molecule has 1 atom stereocenters. The van der Waals surface area contributed by atoms with Crippen molar-refractivity contribution in [3.8, 4) is 11.3 Å². The molecule has 0 aliphatic carbocycles. The van der Waals surface area contributed by atoms with Gasteiger partial charge in [0.15, 0.2) is 0 Å². The monoisotopic (exact) mass is 349 g/mol. The summed E-state index contributed by atoms with van der Waals surface area (Å²) < 4.78 is 0. The first-order valence-corrected chi connectivity index (χ1v) is 8.71. The molecule has 0 saturated heterocycles. The Labute approximate surface area is 153 Å². The van der Waals surface area contributed by atoms with Crippen LogP contribution in [-0.4, -0.2) is 45.6 Å². The fourth-order valence-corrected chi connectivity index (χ4v) is 2.87. The lowest BCUT2D eigenvalue weighted by Crippen LogP contribution is -2.29. The van der Waals surface area contributed by atoms with Gasteiger partial charge in [0, 0.05) is 36.9 Å². The highest BCUT2D eigenvalue weighted by molar-refractivity contribution is 6.07. The Morgan fingerprint density at radius 3 is 2.77 bits per heavy atom. The van der Waals surface area contributed by atoms with Crippen LogP contribution in [0.1, 0.15) is 29.3 Å². The molecule has 0 radical (unpaired) electrons. The Morgan fingerprint density at radius 2 is 2.08 bits per heavy atom. The minimum atomic E-state index is -0.437. The Bertz CT molecular complexity index is 923. The van der Waals surface area contributed by atoms with Crippen molar-refractivity contribution in [2.24, 2.45) is 0 Å². The van der Waals surface area contributed by atoms with Crippen LogP contribution < -0.4 is 0 Å². The van der Waals surface area contributed by atoms with E-state index in [9.17, 15) is 9.90 Å². The van der Waals surface area contributed by atoms with Gasteiger partial charge in [-0.25, -0.2) is 4.98 Å². The van der Waals surface area contributed by atoms with Gasteiger partial charge in [-0.3, -0.25) is 9.78 Å². The van der Waals surface area contributed by atoms with Crippen molar-refractivity contribution in [1.29, 1.82) is 0 Å². The lowest BCUT2D eigenvalue weighted by Gasteiger charge is -2.19. The molecule has 1 N–H and O–H groups in total. The van der Waals surface area contributed by atoms with Crippen LogP contribution in [0.4, 0.5) is 0 Å². The Kier molecular flexibility index (Phi) is 5.28. The van der Waals surface area contributed by atoms with Gasteiger partial charge in [-0.15, -0.1) is 0 Å². The molecular weight excluding hydrogens is 326 g/mol. The molecule has 5 heteroatoms. The number of amides is 1. The number of hydrogen-bond donors (Lipinski definition) is 1. The number of aryl methyl sites for hydroxylation is 1. The Morgan fingerprint density at radius 1 is 1.27 bits per heavy atom. The number of fused-ring (bicyclic) bond motifs is 1. The molecule has 3 rings (SSSR count). The van der Waals surface area contributed by atoms with Crippen molar-refractivity contribution in [3.05, 3.63) is 59.9 Å². The summed E-state index contributed by atoms with van der Waals surface area (Å²) in [6, 6.07) is 11.5. The topological polar surface area (TPSA) is 66.3 Å². The molecule has 3 aromatic rings. The third-order valence-corrected chi connectivity index (χ3v) is 4.38. The van der Waals surface area contributed by atoms with Crippen molar-refractivity contribution in [1.82, 2.24) is 14.9 Å². The highest BCUT2D eigenvalue weighted by atomic mass is 16.3. The second-order valence-electron chi connectivity index (χ2n) is 6.68. The average molecular weight is 349 g/mol. The summed E-state index contributed by atoms with van der Waals surface area (Å²) >= 11 is 0. The largest absolute Gasteiger partial charge is 0.393 e. The van der Waals surface area contributed by atoms with Crippen LogP contribution in [-0.2, 0) is 0 Å². The highest BCUT2D eigenvalue weighted by Gasteiger charge is 2.18. The molecule has 0 saturated carbocycles. The lowest BCUT2D eigenvalue weighted by molar-refractivity contribution is 0.0771. The summed E-state index contributed by atoms with van der Waals surface area (Å²) in [5.41, 5.74) is 4.07. The van der Waals surface area contributed by atoms with Crippen LogP contribution in [0, 0.1) is 6.92 Å². The minimum Gasteiger partial charge on any atom is -0.393 e. The number of aliphatic hydroxyl groups is 1. The fourth-order valence-electron chi connectivity index (χ4n) is 2.87. The molecule has 1 unspecified atom stereocenters. The second-order valence-corrected chi connectivity index (χ2v) is 6.68. The number of nitrogens with zero attached hydrogens (tertiary/aromatic N) is 3. The molecule has 2 aromatic heterocycles. The molecule has 0 fully saturated rings. The normalized spacial score (nSPS) is 12.2. The third-order valence-electron chi connectivity index (χ3n) is 4.38. The van der Waals surface area contributed by atoms with Crippen molar-refractivity contribution in [3.63, 3.8) is 0 Å². The standard InChI is InChI=1S/C21H23N3O2/c1-14-6-7-19-17(11-14)18(21(26)24(3)10-8-15(2)25)12-20(23-19)16-5-4-9-22-13-16/h4-7,9,11-13,15,25H,8,10H2,1-3H3. The number of carbonyl (C=O) groups is 1. The maximum absolute atomic E-state index is 13.1. The van der Waals surface area contributed by atoms with Gasteiger partial charge in [0.2, 0.25) is 0 Å². The van der Waals surface area contributed by atoms with Crippen LogP contribution in [0.3, 0.4) is 0 Å². The summed E-state index contributed by atoms with van der Waals surface area (Å²) in [5.74, 6) is -0.0752. The quantitative estimate of drug-likeness (QED) is 0.766. The average Bonchev–Trinajstić information content (AvgIpc) is 2.65. The van der Waals surface area contributed by atoms with E-state index in [1.165, 1.54) is 0 Å². The van der Waals surface area contributed by atoms with Crippen molar-refractivity contribution in [2.45, 2.75) is 26.4 Å². The van der Waals surface area contributed by atoms with E-state index in [0.29, 0.717) is 18.5 Å². The lowest BCUT2D eigenvalue weighted by atomic mass is 10.0. The van der Waals surface area contributed by atoms with Crippen molar-refractivity contribution >= 4 is 16.8 Å². The smallest absolute Gasteiger partial charge is 0.254 e. The molecule has 1 amide bonds. The Hall–Kier alpha value is -2.79. The van der Waals surface area contributed by atoms with Gasteiger partial charge in [0.1, 0.15) is 0 Å². The van der Waals surface area contributed by atoms with Crippen molar-refractivity contribution in [2.75, 3.05) is 13.6 Å². The maximum Gasteiger partial charge on any atom is 0.254 e. The first-order chi connectivity index (χ1) is 12.5. The van der Waals surface area contributed by atoms with Crippen LogP contribution >= 0.6 is 0 Å². The predicted octanol–water partition coefficient (Wildman–Crippen LogP) is 3.45. The number of pyridine rings is 2. The molecular formula is C21H23N3O2. The zero-order valence-corrected chi connectivity index (χ0v) is 15.3. The van der Waals surface area contributed by atoms with Crippen LogP contribution in [0.25, 0.3) is 22.2 Å². The summed E-state index contributed by atoms with van der Waals surface area (Å²) in [7, 11) is 1.76. The molecule has 0 bridgehead atoms. The van der Waals surface area contributed by atoms with Crippen LogP contribution in [0.5, 0.6) is 0 Å². The number of carbonyl (C=O) groups excluding carboxylic acids is 1. The van der Waals surface area contributed by atoms with Crippen LogP contribution in [0.15, 0.2) is 48.8 Å². The van der Waals surface area contributed by atoms with Gasteiger partial charge < -0.3 is 10.0 Å². The number of rotatable bonds is 5. The zero-order valence-electron chi connectivity index (χ0n) is 15.3. The maximum atomic E-state index is 13.1. The predicted molar refractivity (Wildman–Crippen MR) is 103 cm³/mol. The van der Waals surface area contributed by atoms with Gasteiger partial charge in [-0.05, 0) is 50.6 Å². The molecule has 0 aliphatic rings. The van der Waals surface area contributed by atoms with E-state index in [4.69, 9.17) is 4.98 Å². The van der Waals surface area contributed by atoms with E-state index in [0.717, 1.165) is 27.7 Å². The van der Waals surface area contributed by atoms with E-state index < -0.39 is 6.10 Å². The summed E-state index contributed by atoms with van der Waals surface area (Å²) in [6.07, 6.45) is 3.56. The van der Waals surface area contributed by atoms with Gasteiger partial charge in [-0.1, -0.05) is 11.6 Å². The van der Waals surface area contributed by atoms with Gasteiger partial charge in [-0.2, -0.15) is 0 Å². The molecule has 0 aliphatic heterocycles. The summed E-state index contributed by atoms with van der Waals surface area (Å²) in [4.78, 5) is 23.6. The van der Waals surface area contributed by atoms with Gasteiger partial charge in [0.25, 0.3) is 5.91 Å². The summed E-state index contributed by atoms with van der Waals surface area (Å²) in [5, 5.41) is 10.3. The first kappa shape index (κ1) is 18.0. The van der Waals surface area contributed by atoms with Gasteiger partial charge in [0.05, 0.1) is 22.9 Å². The second kappa shape index (κ2) is 7.62. The van der Waals surface area contributed by atoms with E-state index >= 15 is 0 Å². The Balaban J connectivity index is 2.09. The highest BCUT2D eigenvalue weighted by Crippen LogP contribution is 2.26. The van der Waals surface area contributed by atoms with E-state index in [1.807, 2.05) is 43.3 Å². The molecule has 134 valence electrons. The van der Waals surface area contributed by atoms with Gasteiger partial charge >= 0.3 is 0 Å². The minimum absolute atomic E-state index is 0.0752. The van der Waals surface area contributed by atoms with E-state index in [1.54, 1.807) is 31.3 Å². The van der Waals surface area contributed by atoms with E-state index in [2.05, 4.69) is 4.98 Å². The molecule has 5 nitrogen and oxygen atoms in total. The molecule has 26 heavy (non-hydrogen) atoms. The number of hydrogen-bond acceptors (Lipinski definition) is 4. The SMILES string of the molecule is Cc1ccc2nc(-c3cccnc3)cc(C(=O)N(C)CCC(C)O)c2c1. The molecule has 0 spiro atoms. The number of aromatic nitrogens is 2. The molecule has 2 heterocycles. The number of benzene rings is 1. The molecule has 1 aromatic carbocycles. The third kappa shape index (κ3) is 3.89. The zero-order chi connectivity index (χ0) is 18.7.